The maximum Gasteiger partial charge on any atom is 0.269 e. The number of likely N-dealkylation sites (tertiary alicyclic amines) is 1. The summed E-state index contributed by atoms with van der Waals surface area (Å²) in [5, 5.41) is 6.92. The number of rotatable bonds is 4. The second-order valence-electron chi connectivity index (χ2n) is 5.35. The number of aromatic amines is 1. The molecule has 21 heavy (non-hydrogen) atoms. The molecule has 1 amide bonds. The van der Waals surface area contributed by atoms with Gasteiger partial charge in [0.05, 0.1) is 4.34 Å². The van der Waals surface area contributed by atoms with Crippen molar-refractivity contribution in [3.63, 3.8) is 0 Å². The molecular weight excluding hydrogens is 308 g/mol. The smallest absolute Gasteiger partial charge is 0.269 e. The first-order valence-electron chi connectivity index (χ1n) is 6.93. The SMILES string of the molecule is NC(=O)c1cc(C2CCCN(Cc3ccc(Cl)s3)C2)[nH]n1. The number of carbonyl (C=O) groups excluding carboxylic acids is 1. The summed E-state index contributed by atoms with van der Waals surface area (Å²) in [5.41, 5.74) is 6.56. The van der Waals surface area contributed by atoms with Gasteiger partial charge in [0.25, 0.3) is 5.91 Å². The minimum Gasteiger partial charge on any atom is -0.364 e. The molecule has 0 spiro atoms. The highest BCUT2D eigenvalue weighted by Crippen LogP contribution is 2.29. The zero-order valence-electron chi connectivity index (χ0n) is 11.5. The highest BCUT2D eigenvalue weighted by molar-refractivity contribution is 7.16. The van der Waals surface area contributed by atoms with Crippen molar-refractivity contribution in [1.82, 2.24) is 15.1 Å². The van der Waals surface area contributed by atoms with Crippen LogP contribution >= 0.6 is 22.9 Å². The number of carbonyl (C=O) groups is 1. The Morgan fingerprint density at radius 1 is 1.57 bits per heavy atom. The molecule has 0 aromatic carbocycles. The number of nitrogens with one attached hydrogen (secondary N) is 1. The fourth-order valence-electron chi connectivity index (χ4n) is 2.78. The van der Waals surface area contributed by atoms with Gasteiger partial charge in [0.1, 0.15) is 5.69 Å². The van der Waals surface area contributed by atoms with Crippen LogP contribution in [0, 0.1) is 0 Å². The summed E-state index contributed by atoms with van der Waals surface area (Å²) in [7, 11) is 0. The number of piperidine rings is 1. The molecule has 2 aromatic rings. The van der Waals surface area contributed by atoms with Gasteiger partial charge in [0.2, 0.25) is 0 Å². The van der Waals surface area contributed by atoms with Gasteiger partial charge >= 0.3 is 0 Å². The molecule has 0 saturated carbocycles. The predicted octanol–water partition coefficient (Wildman–Crippen LogP) is 2.60. The van der Waals surface area contributed by atoms with Crippen LogP contribution in [0.5, 0.6) is 0 Å². The van der Waals surface area contributed by atoms with Crippen molar-refractivity contribution in [2.45, 2.75) is 25.3 Å². The van der Waals surface area contributed by atoms with Gasteiger partial charge in [-0.1, -0.05) is 11.6 Å². The predicted molar refractivity (Wildman–Crippen MR) is 83.7 cm³/mol. The van der Waals surface area contributed by atoms with E-state index in [2.05, 4.69) is 21.2 Å². The summed E-state index contributed by atoms with van der Waals surface area (Å²) in [6, 6.07) is 5.80. The topological polar surface area (TPSA) is 75.0 Å². The maximum absolute atomic E-state index is 11.1. The van der Waals surface area contributed by atoms with Gasteiger partial charge in [-0.05, 0) is 37.6 Å². The van der Waals surface area contributed by atoms with E-state index >= 15 is 0 Å². The largest absolute Gasteiger partial charge is 0.364 e. The van der Waals surface area contributed by atoms with E-state index in [0.29, 0.717) is 11.6 Å². The lowest BCUT2D eigenvalue weighted by Crippen LogP contribution is -2.33. The van der Waals surface area contributed by atoms with Gasteiger partial charge in [-0.2, -0.15) is 5.10 Å². The molecular formula is C14H17ClN4OS. The molecule has 112 valence electrons. The Kier molecular flexibility index (Phi) is 4.28. The zero-order valence-corrected chi connectivity index (χ0v) is 13.1. The Bertz CT molecular complexity index is 638. The number of thiophene rings is 1. The van der Waals surface area contributed by atoms with Crippen molar-refractivity contribution < 1.29 is 4.79 Å². The van der Waals surface area contributed by atoms with Crippen molar-refractivity contribution in [2.75, 3.05) is 13.1 Å². The van der Waals surface area contributed by atoms with Crippen molar-refractivity contribution in [1.29, 1.82) is 0 Å². The van der Waals surface area contributed by atoms with E-state index in [1.807, 2.05) is 6.07 Å². The molecule has 0 bridgehead atoms. The Morgan fingerprint density at radius 3 is 3.10 bits per heavy atom. The second-order valence-corrected chi connectivity index (χ2v) is 7.15. The summed E-state index contributed by atoms with van der Waals surface area (Å²) < 4.78 is 0.832. The number of nitrogens with zero attached hydrogens (tertiary/aromatic N) is 2. The van der Waals surface area contributed by atoms with E-state index in [0.717, 1.165) is 42.5 Å². The molecule has 3 N–H and O–H groups in total. The first kappa shape index (κ1) is 14.6. The first-order chi connectivity index (χ1) is 10.1. The van der Waals surface area contributed by atoms with Crippen LogP contribution in [0.2, 0.25) is 4.34 Å². The molecule has 3 heterocycles. The number of halogens is 1. The number of primary amides is 1. The van der Waals surface area contributed by atoms with Gasteiger partial charge < -0.3 is 5.73 Å². The van der Waals surface area contributed by atoms with Crippen LogP contribution in [0.1, 0.15) is 39.8 Å². The Labute approximate surface area is 132 Å². The number of nitrogens with two attached hydrogens (primary N) is 1. The number of hydrogen-bond donors (Lipinski definition) is 2. The number of amides is 1. The molecule has 1 aliphatic rings. The molecule has 0 radical (unpaired) electrons. The fourth-order valence-corrected chi connectivity index (χ4v) is 3.91. The standard InChI is InChI=1S/C14H17ClN4OS/c15-13-4-3-10(21-13)8-19-5-1-2-9(7-19)11-6-12(14(16)20)18-17-11/h3-4,6,9H,1-2,5,7-8H2,(H2,16,20)(H,17,18). The summed E-state index contributed by atoms with van der Waals surface area (Å²) >= 11 is 7.61. The first-order valence-corrected chi connectivity index (χ1v) is 8.13. The van der Waals surface area contributed by atoms with Crippen LogP contribution in [-0.4, -0.2) is 34.1 Å². The van der Waals surface area contributed by atoms with Gasteiger partial charge in [0, 0.05) is 29.6 Å². The third kappa shape index (κ3) is 3.45. The molecule has 3 rings (SSSR count). The molecule has 1 atom stereocenters. The Morgan fingerprint density at radius 2 is 2.43 bits per heavy atom. The summed E-state index contributed by atoms with van der Waals surface area (Å²) in [6.45, 7) is 2.96. The molecule has 1 saturated heterocycles. The summed E-state index contributed by atoms with van der Waals surface area (Å²) in [5.74, 6) is -0.117. The summed E-state index contributed by atoms with van der Waals surface area (Å²) in [6.07, 6.45) is 2.23. The van der Waals surface area contributed by atoms with Crippen molar-refractivity contribution in [2.24, 2.45) is 5.73 Å². The van der Waals surface area contributed by atoms with Crippen LogP contribution in [0.25, 0.3) is 0 Å². The fraction of sp³-hybridized carbons (Fsp3) is 0.429. The highest BCUT2D eigenvalue weighted by Gasteiger charge is 2.23. The van der Waals surface area contributed by atoms with Gasteiger partial charge in [-0.15, -0.1) is 11.3 Å². The average Bonchev–Trinajstić information content (AvgIpc) is 3.08. The van der Waals surface area contributed by atoms with Crippen LogP contribution < -0.4 is 5.73 Å². The number of aromatic nitrogens is 2. The van der Waals surface area contributed by atoms with Gasteiger partial charge in [-0.3, -0.25) is 14.8 Å². The van der Waals surface area contributed by atoms with E-state index in [4.69, 9.17) is 17.3 Å². The maximum atomic E-state index is 11.1. The third-order valence-corrected chi connectivity index (χ3v) is 5.02. The van der Waals surface area contributed by atoms with E-state index in [-0.39, 0.29) is 0 Å². The van der Waals surface area contributed by atoms with Crippen LogP contribution in [0.15, 0.2) is 18.2 Å². The lowest BCUT2D eigenvalue weighted by molar-refractivity contribution is 0.0995. The van der Waals surface area contributed by atoms with E-state index in [1.54, 1.807) is 17.4 Å². The van der Waals surface area contributed by atoms with Crippen molar-refractivity contribution in [3.05, 3.63) is 38.8 Å². The van der Waals surface area contributed by atoms with Crippen molar-refractivity contribution >= 4 is 28.8 Å². The van der Waals surface area contributed by atoms with Crippen LogP contribution in [0.4, 0.5) is 0 Å². The minimum atomic E-state index is -0.488. The van der Waals surface area contributed by atoms with Crippen molar-refractivity contribution in [3.8, 4) is 0 Å². The third-order valence-electron chi connectivity index (χ3n) is 3.80. The second kappa shape index (κ2) is 6.17. The molecule has 0 aliphatic carbocycles. The molecule has 7 heteroatoms. The summed E-state index contributed by atoms with van der Waals surface area (Å²) in [4.78, 5) is 14.8. The molecule has 1 fully saturated rings. The monoisotopic (exact) mass is 324 g/mol. The molecule has 1 unspecified atom stereocenters. The van der Waals surface area contributed by atoms with Gasteiger partial charge in [0.15, 0.2) is 0 Å². The number of hydrogen-bond acceptors (Lipinski definition) is 4. The molecule has 2 aromatic heterocycles. The lowest BCUT2D eigenvalue weighted by Gasteiger charge is -2.31. The Balaban J connectivity index is 1.66. The minimum absolute atomic E-state index is 0.312. The number of H-pyrrole nitrogens is 1. The van der Waals surface area contributed by atoms with E-state index in [1.165, 1.54) is 4.88 Å². The zero-order chi connectivity index (χ0) is 14.8. The normalized spacial score (nSPS) is 19.8. The van der Waals surface area contributed by atoms with E-state index < -0.39 is 5.91 Å². The lowest BCUT2D eigenvalue weighted by atomic mass is 9.94. The molecule has 5 nitrogen and oxygen atoms in total. The van der Waals surface area contributed by atoms with Gasteiger partial charge in [-0.25, -0.2) is 0 Å². The van der Waals surface area contributed by atoms with Crippen LogP contribution in [0.3, 0.4) is 0 Å². The van der Waals surface area contributed by atoms with Crippen LogP contribution in [-0.2, 0) is 6.54 Å². The van der Waals surface area contributed by atoms with E-state index in [9.17, 15) is 4.79 Å². The highest BCUT2D eigenvalue weighted by atomic mass is 35.5. The average molecular weight is 325 g/mol. The Hall–Kier alpha value is -1.37. The molecule has 1 aliphatic heterocycles. The quantitative estimate of drug-likeness (QED) is 0.907.